The Morgan fingerprint density at radius 2 is 1.69 bits per heavy atom. The Labute approximate surface area is 172 Å². The van der Waals surface area contributed by atoms with Crippen molar-refractivity contribution >= 4 is 0 Å². The summed E-state index contributed by atoms with van der Waals surface area (Å²) in [6.07, 6.45) is 4.29. The number of hydrogen-bond acceptors (Lipinski definition) is 1. The van der Waals surface area contributed by atoms with E-state index in [1.807, 2.05) is 19.1 Å². The molecule has 1 aliphatic rings. The largest absolute Gasteiger partial charge is 0.378 e. The monoisotopic (exact) mass is 404 g/mol. The number of hydrogen-bond donors (Lipinski definition) is 0. The summed E-state index contributed by atoms with van der Waals surface area (Å²) in [6.45, 7) is 4.70. The number of halogens is 3. The highest BCUT2D eigenvalue weighted by Gasteiger charge is 2.23. The molecule has 3 rings (SSSR count). The van der Waals surface area contributed by atoms with Crippen LogP contribution in [0.2, 0.25) is 0 Å². The van der Waals surface area contributed by atoms with Gasteiger partial charge in [-0.05, 0) is 62.5 Å². The van der Waals surface area contributed by atoms with Gasteiger partial charge in [0.15, 0.2) is 0 Å². The number of alkyl halides is 2. The van der Waals surface area contributed by atoms with Crippen LogP contribution in [0, 0.1) is 18.7 Å². The first kappa shape index (κ1) is 21.9. The first-order valence-corrected chi connectivity index (χ1v) is 10.8. The molecule has 0 radical (unpaired) electrons. The zero-order valence-corrected chi connectivity index (χ0v) is 17.4. The van der Waals surface area contributed by atoms with E-state index in [4.69, 9.17) is 4.74 Å². The third-order valence-corrected chi connectivity index (χ3v) is 6.17. The van der Waals surface area contributed by atoms with Gasteiger partial charge in [-0.2, -0.15) is 0 Å². The van der Waals surface area contributed by atoms with Gasteiger partial charge >= 0.3 is 0 Å². The Kier molecular flexibility index (Phi) is 7.77. The zero-order valence-electron chi connectivity index (χ0n) is 17.4. The summed E-state index contributed by atoms with van der Waals surface area (Å²) in [7, 11) is 0. The average Bonchev–Trinajstić information content (AvgIpc) is 2.72. The van der Waals surface area contributed by atoms with E-state index < -0.39 is 17.8 Å². The van der Waals surface area contributed by atoms with Crippen LogP contribution in [0.15, 0.2) is 36.4 Å². The van der Waals surface area contributed by atoms with Crippen LogP contribution in [-0.4, -0.2) is 12.7 Å². The van der Waals surface area contributed by atoms with Crippen molar-refractivity contribution in [2.24, 2.45) is 5.92 Å². The third kappa shape index (κ3) is 5.63. The Morgan fingerprint density at radius 3 is 2.31 bits per heavy atom. The van der Waals surface area contributed by atoms with E-state index in [-0.39, 0.29) is 11.7 Å². The van der Waals surface area contributed by atoms with E-state index in [1.165, 1.54) is 19.3 Å². The van der Waals surface area contributed by atoms with Crippen LogP contribution in [0.5, 0.6) is 0 Å². The lowest BCUT2D eigenvalue weighted by atomic mass is 9.86. The molecule has 158 valence electrons. The Bertz CT molecular complexity index is 777. The number of benzene rings is 2. The predicted octanol–water partition coefficient (Wildman–Crippen LogP) is 7.66. The Hall–Kier alpha value is -1.81. The lowest BCUT2D eigenvalue weighted by Gasteiger charge is -2.27. The van der Waals surface area contributed by atoms with Gasteiger partial charge in [0.05, 0.1) is 11.7 Å². The first-order chi connectivity index (χ1) is 14.0. The van der Waals surface area contributed by atoms with Crippen LogP contribution in [0.25, 0.3) is 11.1 Å². The van der Waals surface area contributed by atoms with Crippen LogP contribution >= 0.6 is 0 Å². The van der Waals surface area contributed by atoms with Gasteiger partial charge in [0, 0.05) is 12.2 Å². The molecule has 2 aromatic rings. The van der Waals surface area contributed by atoms with Crippen LogP contribution in [0.4, 0.5) is 13.2 Å². The van der Waals surface area contributed by atoms with Crippen molar-refractivity contribution in [3.05, 3.63) is 58.9 Å². The molecule has 0 N–H and O–H groups in total. The summed E-state index contributed by atoms with van der Waals surface area (Å²) in [6, 6.07) is 10.5. The molecule has 0 aromatic heterocycles. The molecule has 1 nitrogen and oxygen atoms in total. The van der Waals surface area contributed by atoms with Crippen molar-refractivity contribution in [2.45, 2.75) is 71.3 Å². The molecule has 4 heteroatoms. The molecule has 0 spiro atoms. The van der Waals surface area contributed by atoms with Gasteiger partial charge in [-0.15, -0.1) is 0 Å². The fourth-order valence-electron chi connectivity index (χ4n) is 4.26. The van der Waals surface area contributed by atoms with Gasteiger partial charge in [-0.1, -0.05) is 55.3 Å². The fourth-order valence-corrected chi connectivity index (χ4v) is 4.26. The van der Waals surface area contributed by atoms with Crippen LogP contribution in [0.1, 0.15) is 68.6 Å². The fraction of sp³-hybridized carbons (Fsp3) is 0.520. The number of aryl methyl sites for hydroxylation is 2. The van der Waals surface area contributed by atoms with Crippen molar-refractivity contribution in [1.82, 2.24) is 0 Å². The van der Waals surface area contributed by atoms with Crippen LogP contribution in [0.3, 0.4) is 0 Å². The molecule has 1 saturated carbocycles. The van der Waals surface area contributed by atoms with Gasteiger partial charge in [-0.25, -0.2) is 13.2 Å². The molecule has 29 heavy (non-hydrogen) atoms. The summed E-state index contributed by atoms with van der Waals surface area (Å²) in [4.78, 5) is 0. The minimum atomic E-state index is -2.83. The van der Waals surface area contributed by atoms with Gasteiger partial charge < -0.3 is 4.74 Å². The summed E-state index contributed by atoms with van der Waals surface area (Å²) in [5, 5.41) is 0. The normalized spacial score (nSPS) is 19.7. The molecular formula is C25H31F3O. The molecular weight excluding hydrogens is 373 g/mol. The summed E-state index contributed by atoms with van der Waals surface area (Å²) < 4.78 is 48.2. The molecule has 0 heterocycles. The Balaban J connectivity index is 1.62. The molecule has 0 amide bonds. The minimum Gasteiger partial charge on any atom is -0.378 e. The lowest BCUT2D eigenvalue weighted by Crippen LogP contribution is -2.22. The van der Waals surface area contributed by atoms with E-state index in [0.717, 1.165) is 24.3 Å². The van der Waals surface area contributed by atoms with Crippen LogP contribution < -0.4 is 0 Å². The van der Waals surface area contributed by atoms with E-state index in [2.05, 4.69) is 6.92 Å². The molecule has 0 atom stereocenters. The van der Waals surface area contributed by atoms with Gasteiger partial charge in [0.25, 0.3) is 6.43 Å². The van der Waals surface area contributed by atoms with Gasteiger partial charge in [-0.3, -0.25) is 0 Å². The van der Waals surface area contributed by atoms with E-state index >= 15 is 0 Å². The summed E-state index contributed by atoms with van der Waals surface area (Å²) in [5.74, 6) is 0.0126. The highest BCUT2D eigenvalue weighted by Crippen LogP contribution is 2.34. The molecule has 0 unspecified atom stereocenters. The zero-order chi connectivity index (χ0) is 20.8. The van der Waals surface area contributed by atoms with Crippen LogP contribution in [-0.2, 0) is 11.2 Å². The highest BCUT2D eigenvalue weighted by molar-refractivity contribution is 5.66. The topological polar surface area (TPSA) is 9.23 Å². The molecule has 0 aliphatic heterocycles. The molecule has 0 saturated heterocycles. The molecule has 1 aliphatic carbocycles. The van der Waals surface area contributed by atoms with Crippen molar-refractivity contribution in [2.75, 3.05) is 6.61 Å². The third-order valence-electron chi connectivity index (χ3n) is 6.17. The number of ether oxygens (including phenoxy) is 1. The van der Waals surface area contributed by atoms with Crippen molar-refractivity contribution in [3.63, 3.8) is 0 Å². The average molecular weight is 405 g/mol. The van der Waals surface area contributed by atoms with E-state index in [9.17, 15) is 13.2 Å². The number of rotatable bonds is 8. The maximum Gasteiger partial charge on any atom is 0.266 e. The van der Waals surface area contributed by atoms with Gasteiger partial charge in [0.1, 0.15) is 5.82 Å². The van der Waals surface area contributed by atoms with Crippen molar-refractivity contribution in [1.29, 1.82) is 0 Å². The molecule has 0 bridgehead atoms. The smallest absolute Gasteiger partial charge is 0.266 e. The molecule has 2 aromatic carbocycles. The second-order valence-electron chi connectivity index (χ2n) is 8.19. The van der Waals surface area contributed by atoms with Crippen molar-refractivity contribution in [3.8, 4) is 11.1 Å². The maximum absolute atomic E-state index is 14.9. The standard InChI is InChI=1S/C25H31F3O/c1-3-18-8-13-21(14-9-18)29-16-4-5-20-12-15-22(24(26)23(20)25(27)28)19-10-6-17(2)7-11-19/h6-7,10-12,15,18,21,25H,3-5,8-9,13-14,16H2,1-2H3. The van der Waals surface area contributed by atoms with Crippen molar-refractivity contribution < 1.29 is 17.9 Å². The Morgan fingerprint density at radius 1 is 1.00 bits per heavy atom. The lowest BCUT2D eigenvalue weighted by molar-refractivity contribution is 0.0166. The summed E-state index contributed by atoms with van der Waals surface area (Å²) >= 11 is 0. The summed E-state index contributed by atoms with van der Waals surface area (Å²) in [5.41, 5.74) is 1.81. The second kappa shape index (κ2) is 10.3. The quantitative estimate of drug-likeness (QED) is 0.410. The van der Waals surface area contributed by atoms with Gasteiger partial charge in [0.2, 0.25) is 0 Å². The predicted molar refractivity (Wildman–Crippen MR) is 112 cm³/mol. The molecule has 1 fully saturated rings. The highest BCUT2D eigenvalue weighted by atomic mass is 19.3. The second-order valence-corrected chi connectivity index (χ2v) is 8.19. The maximum atomic E-state index is 14.9. The first-order valence-electron chi connectivity index (χ1n) is 10.8. The van der Waals surface area contributed by atoms with E-state index in [1.54, 1.807) is 24.3 Å². The SMILES string of the molecule is CCC1CCC(OCCCc2ccc(-c3ccc(C)cc3)c(F)c2C(F)F)CC1. The van der Waals surface area contributed by atoms with E-state index in [0.29, 0.717) is 30.6 Å². The minimum absolute atomic E-state index is 0.230.